The standard InChI is InChI=1S/C8H5F5N2OS/c9-17(10,11,12,13)8-14-6-4-2-1-3-5(6)7(16)15-8/h1-4H,(H,14,15,16). The summed E-state index contributed by atoms with van der Waals surface area (Å²) in [7, 11) is -9.95. The van der Waals surface area contributed by atoms with Crippen LogP contribution < -0.4 is 5.56 Å². The number of nitrogens with zero attached hydrogens (tertiary/aromatic N) is 1. The lowest BCUT2D eigenvalue weighted by Gasteiger charge is -2.38. The lowest BCUT2D eigenvalue weighted by atomic mass is 10.2. The number of fused-ring (bicyclic) bond motifs is 1. The van der Waals surface area contributed by atoms with Gasteiger partial charge in [-0.25, -0.2) is 4.98 Å². The van der Waals surface area contributed by atoms with E-state index in [1.54, 1.807) is 0 Å². The Kier molecular flexibility index (Phi) is 1.81. The Bertz CT molecular complexity index is 663. The molecule has 0 spiro atoms. The molecule has 1 heterocycles. The van der Waals surface area contributed by atoms with Gasteiger partial charge in [-0.1, -0.05) is 31.6 Å². The van der Waals surface area contributed by atoms with Crippen molar-refractivity contribution >= 4 is 21.1 Å². The zero-order valence-corrected chi connectivity index (χ0v) is 8.78. The van der Waals surface area contributed by atoms with E-state index in [-0.39, 0.29) is 5.39 Å². The maximum absolute atomic E-state index is 12.4. The number of rotatable bonds is 1. The van der Waals surface area contributed by atoms with Crippen molar-refractivity contribution in [1.82, 2.24) is 9.97 Å². The minimum Gasteiger partial charge on any atom is -0.293 e. The number of halogens is 5. The first kappa shape index (κ1) is 11.8. The van der Waals surface area contributed by atoms with E-state index in [1.807, 2.05) is 0 Å². The van der Waals surface area contributed by atoms with Crippen LogP contribution in [0.5, 0.6) is 0 Å². The first-order valence-electron chi connectivity index (χ1n) is 4.20. The number of aromatic nitrogens is 2. The lowest BCUT2D eigenvalue weighted by molar-refractivity contribution is 0.351. The molecule has 9 heteroatoms. The van der Waals surface area contributed by atoms with Gasteiger partial charge in [0.1, 0.15) is 0 Å². The molecule has 0 aliphatic carbocycles. The summed E-state index contributed by atoms with van der Waals surface area (Å²) in [6.07, 6.45) is 0. The quantitative estimate of drug-likeness (QED) is 0.637. The molecular formula is C8H5F5N2OS. The molecule has 2 rings (SSSR count). The number of para-hydroxylation sites is 1. The fourth-order valence-corrected chi connectivity index (χ4v) is 1.80. The molecule has 0 amide bonds. The van der Waals surface area contributed by atoms with Gasteiger partial charge >= 0.3 is 10.2 Å². The molecule has 0 saturated heterocycles. The van der Waals surface area contributed by atoms with E-state index in [2.05, 4.69) is 4.98 Å². The third kappa shape index (κ3) is 2.23. The SMILES string of the molecule is O=c1[nH]c(S(F)(F)(F)(F)F)nc2ccccc12. The monoisotopic (exact) mass is 272 g/mol. The number of H-pyrrole nitrogens is 1. The Labute approximate surface area is 91.0 Å². The van der Waals surface area contributed by atoms with Crippen molar-refractivity contribution < 1.29 is 19.4 Å². The third-order valence-corrected chi connectivity index (χ3v) is 2.88. The van der Waals surface area contributed by atoms with Gasteiger partial charge in [0, 0.05) is 0 Å². The van der Waals surface area contributed by atoms with E-state index in [0.717, 1.165) is 11.1 Å². The summed E-state index contributed by atoms with van der Waals surface area (Å²) in [5, 5.41) is -2.70. The van der Waals surface area contributed by atoms with Crippen LogP contribution in [-0.4, -0.2) is 9.97 Å². The maximum atomic E-state index is 12.4. The number of aromatic amines is 1. The Morgan fingerprint density at radius 2 is 1.65 bits per heavy atom. The summed E-state index contributed by atoms with van der Waals surface area (Å²) in [4.78, 5) is 15.1. The van der Waals surface area contributed by atoms with Crippen LogP contribution in [0.4, 0.5) is 19.4 Å². The molecule has 0 aliphatic heterocycles. The smallest absolute Gasteiger partial charge is 0.293 e. The summed E-state index contributed by atoms with van der Waals surface area (Å²) in [6, 6.07) is 4.93. The first-order chi connectivity index (χ1) is 7.47. The highest BCUT2D eigenvalue weighted by Crippen LogP contribution is 3.01. The van der Waals surface area contributed by atoms with Crippen LogP contribution in [0.2, 0.25) is 0 Å². The average Bonchev–Trinajstić information content (AvgIpc) is 2.14. The molecule has 0 fully saturated rings. The molecule has 1 aromatic heterocycles. The van der Waals surface area contributed by atoms with Crippen molar-refractivity contribution in [3.8, 4) is 0 Å². The van der Waals surface area contributed by atoms with Crippen LogP contribution in [0.3, 0.4) is 0 Å². The summed E-state index contributed by atoms with van der Waals surface area (Å²) in [5.74, 6) is 0. The fourth-order valence-electron chi connectivity index (χ4n) is 1.25. The van der Waals surface area contributed by atoms with Gasteiger partial charge in [-0.05, 0) is 12.1 Å². The average molecular weight is 272 g/mol. The molecule has 94 valence electrons. The molecule has 1 N–H and O–H groups in total. The van der Waals surface area contributed by atoms with E-state index >= 15 is 0 Å². The number of hydrogen-bond donors (Lipinski definition) is 1. The highest BCUT2D eigenvalue weighted by atomic mass is 32.5. The first-order valence-corrected chi connectivity index (χ1v) is 6.16. The van der Waals surface area contributed by atoms with E-state index in [4.69, 9.17) is 0 Å². The Hall–Kier alpha value is -1.64. The second-order valence-corrected chi connectivity index (χ2v) is 5.68. The summed E-state index contributed by atoms with van der Waals surface area (Å²) < 4.78 is 62.1. The number of nitrogens with one attached hydrogen (secondary N) is 1. The van der Waals surface area contributed by atoms with Gasteiger partial charge in [-0.15, -0.1) is 0 Å². The van der Waals surface area contributed by atoms with Gasteiger partial charge < -0.3 is 0 Å². The van der Waals surface area contributed by atoms with Crippen LogP contribution in [0, 0.1) is 0 Å². The number of benzene rings is 1. The van der Waals surface area contributed by atoms with E-state index < -0.39 is 26.5 Å². The molecule has 2 aromatic rings. The highest BCUT2D eigenvalue weighted by molar-refractivity contribution is 8.45. The fraction of sp³-hybridized carbons (Fsp3) is 0. The van der Waals surface area contributed by atoms with Crippen LogP contribution in [0.25, 0.3) is 10.9 Å². The molecule has 0 atom stereocenters. The van der Waals surface area contributed by atoms with Gasteiger partial charge in [-0.2, -0.15) is 0 Å². The topological polar surface area (TPSA) is 45.8 Å². The normalized spacial score (nSPS) is 16.5. The summed E-state index contributed by atoms with van der Waals surface area (Å²) >= 11 is 0. The predicted octanol–water partition coefficient (Wildman–Crippen LogP) is 3.58. The van der Waals surface area contributed by atoms with Gasteiger partial charge in [0.05, 0.1) is 10.9 Å². The Morgan fingerprint density at radius 1 is 1.06 bits per heavy atom. The molecule has 0 bridgehead atoms. The Balaban J connectivity index is 2.90. The lowest BCUT2D eigenvalue weighted by Crippen LogP contribution is -2.18. The largest absolute Gasteiger partial charge is 0.341 e. The van der Waals surface area contributed by atoms with Crippen molar-refractivity contribution in [3.63, 3.8) is 0 Å². The van der Waals surface area contributed by atoms with Crippen molar-refractivity contribution in [2.75, 3.05) is 0 Å². The molecule has 0 aliphatic rings. The maximum Gasteiger partial charge on any atom is 0.341 e. The van der Waals surface area contributed by atoms with Crippen LogP contribution in [0.1, 0.15) is 0 Å². The van der Waals surface area contributed by atoms with Crippen LogP contribution in [0.15, 0.2) is 34.2 Å². The molecule has 17 heavy (non-hydrogen) atoms. The van der Waals surface area contributed by atoms with Gasteiger partial charge in [0.25, 0.3) is 10.7 Å². The van der Waals surface area contributed by atoms with E-state index in [9.17, 15) is 24.2 Å². The van der Waals surface area contributed by atoms with Crippen molar-refractivity contribution in [2.45, 2.75) is 5.16 Å². The van der Waals surface area contributed by atoms with Crippen molar-refractivity contribution in [1.29, 1.82) is 0 Å². The van der Waals surface area contributed by atoms with Gasteiger partial charge in [0.15, 0.2) is 0 Å². The summed E-state index contributed by atoms with van der Waals surface area (Å²) in [5.41, 5.74) is -1.68. The summed E-state index contributed by atoms with van der Waals surface area (Å²) in [6.45, 7) is 0. The minimum absolute atomic E-state index is 0.182. The predicted molar refractivity (Wildman–Crippen MR) is 53.8 cm³/mol. The highest BCUT2D eigenvalue weighted by Gasteiger charge is 2.68. The van der Waals surface area contributed by atoms with Gasteiger partial charge in [-0.3, -0.25) is 9.78 Å². The van der Waals surface area contributed by atoms with Crippen molar-refractivity contribution in [2.24, 2.45) is 0 Å². The zero-order chi connectivity index (χ0) is 13.0. The molecular weight excluding hydrogens is 267 g/mol. The molecule has 0 radical (unpaired) electrons. The minimum atomic E-state index is -9.95. The van der Waals surface area contributed by atoms with Crippen LogP contribution in [-0.2, 0) is 0 Å². The Morgan fingerprint density at radius 3 is 2.24 bits per heavy atom. The zero-order valence-electron chi connectivity index (χ0n) is 7.96. The molecule has 0 unspecified atom stereocenters. The number of hydrogen-bond acceptors (Lipinski definition) is 2. The molecule has 1 aromatic carbocycles. The van der Waals surface area contributed by atoms with E-state index in [0.29, 0.717) is 0 Å². The second-order valence-electron chi connectivity index (χ2n) is 3.36. The van der Waals surface area contributed by atoms with E-state index in [1.165, 1.54) is 18.2 Å². The molecule has 3 nitrogen and oxygen atoms in total. The molecule has 0 saturated carbocycles. The second kappa shape index (κ2) is 2.61. The van der Waals surface area contributed by atoms with Crippen LogP contribution >= 0.6 is 10.2 Å². The van der Waals surface area contributed by atoms with Gasteiger partial charge in [0.2, 0.25) is 0 Å². The third-order valence-electron chi connectivity index (χ3n) is 1.96. The van der Waals surface area contributed by atoms with Crippen molar-refractivity contribution in [3.05, 3.63) is 34.6 Å².